The van der Waals surface area contributed by atoms with E-state index in [4.69, 9.17) is 0 Å². The summed E-state index contributed by atoms with van der Waals surface area (Å²) in [7, 11) is 0. The van der Waals surface area contributed by atoms with Gasteiger partial charge in [0, 0.05) is 12.1 Å². The summed E-state index contributed by atoms with van der Waals surface area (Å²) in [6.45, 7) is 4.02. The van der Waals surface area contributed by atoms with E-state index >= 15 is 0 Å². The summed E-state index contributed by atoms with van der Waals surface area (Å²) in [5, 5.41) is 9.75. The van der Waals surface area contributed by atoms with Gasteiger partial charge in [0.2, 0.25) is 0 Å². The van der Waals surface area contributed by atoms with Crippen molar-refractivity contribution in [2.45, 2.75) is 51.5 Å². The maximum atomic E-state index is 13.8. The number of benzene rings is 1. The van der Waals surface area contributed by atoms with Gasteiger partial charge in [-0.25, -0.2) is 4.68 Å². The minimum absolute atomic E-state index is 0.0674. The van der Waals surface area contributed by atoms with Gasteiger partial charge in [-0.05, 0) is 36.6 Å². The second-order valence-corrected chi connectivity index (χ2v) is 7.89. The van der Waals surface area contributed by atoms with Gasteiger partial charge in [-0.3, -0.25) is 9.78 Å². The summed E-state index contributed by atoms with van der Waals surface area (Å²) in [5.74, 6) is -0.442. The van der Waals surface area contributed by atoms with Gasteiger partial charge in [0.15, 0.2) is 6.04 Å². The normalized spacial score (nSPS) is 18.0. The zero-order valence-electron chi connectivity index (χ0n) is 17.8. The first-order chi connectivity index (χ1) is 15.3. The number of amides is 1. The van der Waals surface area contributed by atoms with Gasteiger partial charge >= 0.3 is 6.18 Å². The predicted molar refractivity (Wildman–Crippen MR) is 114 cm³/mol. The van der Waals surface area contributed by atoms with Crippen LogP contribution in [0.2, 0.25) is 0 Å². The van der Waals surface area contributed by atoms with Gasteiger partial charge < -0.3 is 10.6 Å². The first-order valence-corrected chi connectivity index (χ1v) is 10.5. The number of pyridine rings is 1. The molecule has 0 bridgehead atoms. The molecule has 0 saturated heterocycles. The minimum atomic E-state index is -4.50. The summed E-state index contributed by atoms with van der Waals surface area (Å²) in [6, 6.07) is 10.5. The zero-order valence-corrected chi connectivity index (χ0v) is 17.8. The van der Waals surface area contributed by atoms with Gasteiger partial charge in [-0.1, -0.05) is 37.3 Å². The number of hydrogen-bond acceptors (Lipinski definition) is 4. The van der Waals surface area contributed by atoms with E-state index < -0.39 is 24.2 Å². The second-order valence-electron chi connectivity index (χ2n) is 7.89. The van der Waals surface area contributed by atoms with E-state index in [9.17, 15) is 18.0 Å². The highest BCUT2D eigenvalue weighted by Crippen LogP contribution is 2.44. The van der Waals surface area contributed by atoms with Crippen LogP contribution in [-0.4, -0.2) is 26.8 Å². The molecule has 2 N–H and O–H groups in total. The first-order valence-electron chi connectivity index (χ1n) is 10.5. The Morgan fingerprint density at radius 1 is 1.22 bits per heavy atom. The lowest BCUT2D eigenvalue weighted by atomic mass is 9.95. The number of carbonyl (C=O) groups is 1. The molecule has 0 radical (unpaired) electrons. The molecule has 1 aromatic carbocycles. The largest absolute Gasteiger partial charge is 0.410 e. The molecule has 1 aliphatic heterocycles. The van der Waals surface area contributed by atoms with Crippen molar-refractivity contribution >= 4 is 11.7 Å². The molecule has 4 rings (SSSR count). The predicted octanol–water partition coefficient (Wildman–Crippen LogP) is 4.74. The lowest BCUT2D eigenvalue weighted by Crippen LogP contribution is -2.36. The third-order valence-corrected chi connectivity index (χ3v) is 5.65. The number of aryl methyl sites for hydroxylation is 2. The van der Waals surface area contributed by atoms with E-state index in [-0.39, 0.29) is 24.3 Å². The Kier molecular flexibility index (Phi) is 5.90. The number of fused-ring (bicyclic) bond motifs is 1. The Labute approximate surface area is 183 Å². The van der Waals surface area contributed by atoms with E-state index in [1.807, 2.05) is 50.2 Å². The molecule has 3 aromatic rings. The summed E-state index contributed by atoms with van der Waals surface area (Å²) < 4.78 is 42.4. The van der Waals surface area contributed by atoms with Crippen molar-refractivity contribution in [3.63, 3.8) is 0 Å². The summed E-state index contributed by atoms with van der Waals surface area (Å²) in [6.07, 6.45) is -2.68. The van der Waals surface area contributed by atoms with Crippen molar-refractivity contribution in [1.82, 2.24) is 20.1 Å². The number of aromatic nitrogens is 3. The fraction of sp³-hybridized carbons (Fsp3) is 0.348. The number of nitrogens with zero attached hydrogens (tertiary/aromatic N) is 3. The quantitative estimate of drug-likeness (QED) is 0.598. The van der Waals surface area contributed by atoms with E-state index in [1.165, 1.54) is 6.20 Å². The number of alkyl halides is 3. The van der Waals surface area contributed by atoms with Gasteiger partial charge in [0.1, 0.15) is 11.4 Å². The Morgan fingerprint density at radius 2 is 1.97 bits per heavy atom. The molecule has 3 heterocycles. The molecule has 2 aromatic heterocycles. The Bertz CT molecular complexity index is 1110. The minimum Gasteiger partial charge on any atom is -0.363 e. The molecule has 1 aliphatic rings. The molecule has 1 amide bonds. The maximum absolute atomic E-state index is 13.8. The Morgan fingerprint density at radius 3 is 2.62 bits per heavy atom. The van der Waals surface area contributed by atoms with Crippen molar-refractivity contribution in [2.75, 3.05) is 5.32 Å². The van der Waals surface area contributed by atoms with E-state index in [2.05, 4.69) is 20.7 Å². The van der Waals surface area contributed by atoms with Crippen LogP contribution in [0, 0.1) is 6.92 Å². The lowest BCUT2D eigenvalue weighted by Gasteiger charge is -2.34. The van der Waals surface area contributed by atoms with Crippen molar-refractivity contribution in [3.05, 3.63) is 76.7 Å². The molecule has 9 heteroatoms. The van der Waals surface area contributed by atoms with Gasteiger partial charge in [-0.2, -0.15) is 18.3 Å². The average molecular weight is 443 g/mol. The molecule has 2 atom stereocenters. The van der Waals surface area contributed by atoms with Crippen LogP contribution in [0.25, 0.3) is 0 Å². The van der Waals surface area contributed by atoms with Crippen LogP contribution in [0.15, 0.2) is 48.7 Å². The molecular weight excluding hydrogens is 419 g/mol. The number of hydrogen-bond donors (Lipinski definition) is 2. The van der Waals surface area contributed by atoms with Crippen LogP contribution in [-0.2, 0) is 13.0 Å². The highest BCUT2D eigenvalue weighted by atomic mass is 19.4. The van der Waals surface area contributed by atoms with E-state index in [0.29, 0.717) is 5.69 Å². The van der Waals surface area contributed by atoms with E-state index in [1.54, 1.807) is 6.07 Å². The van der Waals surface area contributed by atoms with Crippen molar-refractivity contribution in [2.24, 2.45) is 0 Å². The number of nitrogens with one attached hydrogen (secondary N) is 2. The molecule has 0 fully saturated rings. The third-order valence-electron chi connectivity index (χ3n) is 5.65. The fourth-order valence-corrected chi connectivity index (χ4v) is 3.90. The lowest BCUT2D eigenvalue weighted by molar-refractivity contribution is -0.173. The van der Waals surface area contributed by atoms with Crippen molar-refractivity contribution in [3.8, 4) is 0 Å². The van der Waals surface area contributed by atoms with Crippen molar-refractivity contribution < 1.29 is 18.0 Å². The molecular formula is C23H24F3N5O. The Balaban J connectivity index is 1.61. The smallest absolute Gasteiger partial charge is 0.363 e. The van der Waals surface area contributed by atoms with Crippen LogP contribution in [0.5, 0.6) is 0 Å². The molecule has 0 unspecified atom stereocenters. The van der Waals surface area contributed by atoms with Crippen LogP contribution in [0.4, 0.5) is 19.0 Å². The molecule has 168 valence electrons. The van der Waals surface area contributed by atoms with Gasteiger partial charge in [-0.15, -0.1) is 0 Å². The third kappa shape index (κ3) is 4.46. The first kappa shape index (κ1) is 21.9. The van der Waals surface area contributed by atoms with Crippen LogP contribution in [0.1, 0.15) is 58.3 Å². The van der Waals surface area contributed by atoms with Gasteiger partial charge in [0.05, 0.1) is 24.5 Å². The van der Waals surface area contributed by atoms with Crippen LogP contribution < -0.4 is 10.6 Å². The monoisotopic (exact) mass is 443 g/mol. The summed E-state index contributed by atoms with van der Waals surface area (Å²) in [5.41, 5.74) is 3.38. The topological polar surface area (TPSA) is 71.8 Å². The zero-order chi connectivity index (χ0) is 22.9. The molecule has 32 heavy (non-hydrogen) atoms. The molecule has 0 saturated carbocycles. The molecule has 0 aliphatic carbocycles. The summed E-state index contributed by atoms with van der Waals surface area (Å²) in [4.78, 5) is 17.1. The molecule has 0 spiro atoms. The average Bonchev–Trinajstić information content (AvgIpc) is 3.20. The highest BCUT2D eigenvalue weighted by Gasteiger charge is 2.47. The number of halogens is 3. The highest BCUT2D eigenvalue weighted by molar-refractivity contribution is 5.98. The van der Waals surface area contributed by atoms with E-state index in [0.717, 1.165) is 27.9 Å². The fourth-order valence-electron chi connectivity index (χ4n) is 3.90. The maximum Gasteiger partial charge on any atom is 0.410 e. The SMILES string of the molecule is CCc1ccc([C@@H]2C[C@H](C(F)(F)F)n3ncc(C(=O)NCc4cccc(C)n4)c3N2)cc1. The molecule has 6 nitrogen and oxygen atoms in total. The Hall–Kier alpha value is -3.36. The second kappa shape index (κ2) is 8.64. The number of rotatable bonds is 5. The van der Waals surface area contributed by atoms with Crippen LogP contribution in [0.3, 0.4) is 0 Å². The van der Waals surface area contributed by atoms with Crippen molar-refractivity contribution in [1.29, 1.82) is 0 Å². The van der Waals surface area contributed by atoms with Crippen LogP contribution >= 0.6 is 0 Å². The number of anilines is 1. The standard InChI is InChI=1S/C23H24F3N5O/c1-3-15-7-9-16(10-8-15)19-11-20(23(24,25)26)31-21(30-19)18(13-28-31)22(32)27-12-17-6-4-5-14(2)29-17/h4-10,13,19-20,30H,3,11-12H2,1-2H3,(H,27,32)/t19-,20+/m0/s1. The number of carbonyl (C=O) groups excluding carboxylic acids is 1. The van der Waals surface area contributed by atoms with Gasteiger partial charge in [0.25, 0.3) is 5.91 Å². The summed E-state index contributed by atoms with van der Waals surface area (Å²) >= 11 is 0.